The summed E-state index contributed by atoms with van der Waals surface area (Å²) in [6.07, 6.45) is 5.89. The molecular weight excluding hydrogens is 370 g/mol. The summed E-state index contributed by atoms with van der Waals surface area (Å²) in [5.41, 5.74) is 3.21. The van der Waals surface area contributed by atoms with Gasteiger partial charge in [-0.2, -0.15) is 0 Å². The number of aromatic nitrogens is 2. The lowest BCUT2D eigenvalue weighted by Crippen LogP contribution is -2.33. The number of carbonyl (C=O) groups is 2. The average Bonchev–Trinajstić information content (AvgIpc) is 3.14. The molecule has 150 valence electrons. The molecule has 0 bridgehead atoms. The average molecular weight is 393 g/mol. The summed E-state index contributed by atoms with van der Waals surface area (Å²) >= 11 is 0. The summed E-state index contributed by atoms with van der Waals surface area (Å²) in [4.78, 5) is 35.5. The molecule has 0 saturated carbocycles. The molecular formula is C21H23N5O3. The van der Waals surface area contributed by atoms with Gasteiger partial charge in [0.05, 0.1) is 13.1 Å². The highest BCUT2D eigenvalue weighted by molar-refractivity contribution is 5.90. The van der Waals surface area contributed by atoms with E-state index in [9.17, 15) is 9.59 Å². The van der Waals surface area contributed by atoms with Crippen molar-refractivity contribution in [1.29, 1.82) is 0 Å². The molecule has 1 atom stereocenters. The molecule has 0 radical (unpaired) electrons. The first-order chi connectivity index (χ1) is 14.1. The first-order valence-electron chi connectivity index (χ1n) is 9.64. The molecule has 0 spiro atoms. The Morgan fingerprint density at radius 1 is 1.24 bits per heavy atom. The van der Waals surface area contributed by atoms with Crippen molar-refractivity contribution in [3.05, 3.63) is 54.4 Å². The van der Waals surface area contributed by atoms with Crippen molar-refractivity contribution in [3.63, 3.8) is 0 Å². The summed E-state index contributed by atoms with van der Waals surface area (Å²) in [6, 6.07) is 9.75. The van der Waals surface area contributed by atoms with E-state index in [2.05, 4.69) is 26.3 Å². The highest BCUT2D eigenvalue weighted by Crippen LogP contribution is 2.27. The first-order valence-corrected chi connectivity index (χ1v) is 9.64. The normalized spacial score (nSPS) is 19.0. The maximum Gasteiger partial charge on any atom is 0.414 e. The van der Waals surface area contributed by atoms with Gasteiger partial charge < -0.3 is 15.0 Å². The molecule has 1 saturated heterocycles. The molecule has 1 fully saturated rings. The van der Waals surface area contributed by atoms with E-state index in [0.29, 0.717) is 13.1 Å². The first kappa shape index (κ1) is 18.9. The number of hydrogen-bond donors (Lipinski definition) is 1. The maximum atomic E-state index is 12.1. The number of carbonyl (C=O) groups excluding carboxylic acids is 2. The zero-order valence-corrected chi connectivity index (χ0v) is 16.2. The van der Waals surface area contributed by atoms with Crippen LogP contribution in [0.15, 0.2) is 48.8 Å². The van der Waals surface area contributed by atoms with E-state index in [1.807, 2.05) is 30.3 Å². The second kappa shape index (κ2) is 8.30. The zero-order chi connectivity index (χ0) is 20.2. The molecule has 2 aliphatic rings. The van der Waals surface area contributed by atoms with Gasteiger partial charge in [0.2, 0.25) is 11.9 Å². The minimum atomic E-state index is -0.386. The van der Waals surface area contributed by atoms with E-state index >= 15 is 0 Å². The van der Waals surface area contributed by atoms with Gasteiger partial charge in [0, 0.05) is 38.1 Å². The van der Waals surface area contributed by atoms with Crippen LogP contribution in [0.25, 0.3) is 5.57 Å². The Morgan fingerprint density at radius 3 is 2.66 bits per heavy atom. The van der Waals surface area contributed by atoms with Gasteiger partial charge in [-0.25, -0.2) is 14.8 Å². The number of anilines is 2. The van der Waals surface area contributed by atoms with Crippen molar-refractivity contribution in [2.24, 2.45) is 0 Å². The Labute approximate surface area is 169 Å². The Hall–Kier alpha value is -3.42. The topological polar surface area (TPSA) is 87.7 Å². The van der Waals surface area contributed by atoms with Crippen molar-refractivity contribution >= 4 is 29.2 Å². The van der Waals surface area contributed by atoms with Crippen LogP contribution in [0, 0.1) is 0 Å². The van der Waals surface area contributed by atoms with Crippen molar-refractivity contribution in [2.75, 3.05) is 36.0 Å². The fourth-order valence-corrected chi connectivity index (χ4v) is 3.52. The van der Waals surface area contributed by atoms with E-state index in [1.165, 1.54) is 12.5 Å². The molecule has 2 aliphatic heterocycles. The lowest BCUT2D eigenvalue weighted by molar-refractivity contribution is -0.119. The van der Waals surface area contributed by atoms with E-state index in [4.69, 9.17) is 4.74 Å². The third-order valence-electron chi connectivity index (χ3n) is 5.05. The number of hydrogen-bond acceptors (Lipinski definition) is 6. The van der Waals surface area contributed by atoms with Crippen molar-refractivity contribution in [3.8, 4) is 0 Å². The zero-order valence-electron chi connectivity index (χ0n) is 16.2. The SMILES string of the molecule is CC(=O)NCC1CN(c2ccc(C3=CCN(c4ncccn4)CC3)cc2)C(=O)O1. The largest absolute Gasteiger partial charge is 0.442 e. The smallest absolute Gasteiger partial charge is 0.414 e. The van der Waals surface area contributed by atoms with Crippen LogP contribution >= 0.6 is 0 Å². The minimum absolute atomic E-state index is 0.137. The van der Waals surface area contributed by atoms with Gasteiger partial charge in [-0.3, -0.25) is 9.69 Å². The Morgan fingerprint density at radius 2 is 2.00 bits per heavy atom. The monoisotopic (exact) mass is 393 g/mol. The maximum absolute atomic E-state index is 12.1. The molecule has 0 aliphatic carbocycles. The number of rotatable bonds is 5. The van der Waals surface area contributed by atoms with Crippen LogP contribution in [0.4, 0.5) is 16.4 Å². The van der Waals surface area contributed by atoms with Crippen LogP contribution < -0.4 is 15.1 Å². The van der Waals surface area contributed by atoms with Gasteiger partial charge in [-0.1, -0.05) is 18.2 Å². The second-order valence-electron chi connectivity index (χ2n) is 7.07. The summed E-state index contributed by atoms with van der Waals surface area (Å²) in [5.74, 6) is 0.613. The van der Waals surface area contributed by atoms with Crippen molar-refractivity contribution in [2.45, 2.75) is 19.4 Å². The van der Waals surface area contributed by atoms with Gasteiger partial charge in [-0.15, -0.1) is 0 Å². The van der Waals surface area contributed by atoms with Crippen molar-refractivity contribution in [1.82, 2.24) is 15.3 Å². The lowest BCUT2D eigenvalue weighted by Gasteiger charge is -2.26. The van der Waals surface area contributed by atoms with Crippen LogP contribution in [0.2, 0.25) is 0 Å². The minimum Gasteiger partial charge on any atom is -0.442 e. The number of ether oxygens (including phenoxy) is 1. The van der Waals surface area contributed by atoms with Crippen LogP contribution in [0.5, 0.6) is 0 Å². The Balaban J connectivity index is 1.39. The quantitative estimate of drug-likeness (QED) is 0.838. The van der Waals surface area contributed by atoms with Crippen molar-refractivity contribution < 1.29 is 14.3 Å². The molecule has 3 heterocycles. The standard InChI is InChI=1S/C21H23N5O3/c1-15(27)24-13-19-14-26(21(28)29-19)18-5-3-16(4-6-18)17-7-11-25(12-8-17)20-22-9-2-10-23-20/h2-7,9-10,19H,8,11-14H2,1H3,(H,24,27). The number of benzene rings is 1. The summed E-state index contributed by atoms with van der Waals surface area (Å²) < 4.78 is 5.32. The molecule has 1 aromatic carbocycles. The van der Waals surface area contributed by atoms with Crippen LogP contribution in [0.3, 0.4) is 0 Å². The molecule has 2 aromatic rings. The number of cyclic esters (lactones) is 1. The Kier molecular flexibility index (Phi) is 5.41. The van der Waals surface area contributed by atoms with Gasteiger partial charge >= 0.3 is 6.09 Å². The predicted molar refractivity (Wildman–Crippen MR) is 110 cm³/mol. The molecule has 29 heavy (non-hydrogen) atoms. The summed E-state index contributed by atoms with van der Waals surface area (Å²) in [7, 11) is 0. The van der Waals surface area contributed by atoms with E-state index < -0.39 is 0 Å². The van der Waals surface area contributed by atoms with E-state index in [0.717, 1.165) is 36.7 Å². The number of nitrogens with zero attached hydrogens (tertiary/aromatic N) is 4. The third kappa shape index (κ3) is 4.37. The Bertz CT molecular complexity index is 914. The fraction of sp³-hybridized carbons (Fsp3) is 0.333. The fourth-order valence-electron chi connectivity index (χ4n) is 3.52. The molecule has 1 unspecified atom stereocenters. The highest BCUT2D eigenvalue weighted by Gasteiger charge is 2.32. The molecule has 2 amide bonds. The molecule has 1 N–H and O–H groups in total. The van der Waals surface area contributed by atoms with Gasteiger partial charge in [0.15, 0.2) is 0 Å². The molecule has 8 nitrogen and oxygen atoms in total. The van der Waals surface area contributed by atoms with E-state index in [1.54, 1.807) is 17.3 Å². The lowest BCUT2D eigenvalue weighted by atomic mass is 9.99. The summed E-state index contributed by atoms with van der Waals surface area (Å²) in [5, 5.41) is 2.68. The van der Waals surface area contributed by atoms with Crippen LogP contribution in [-0.4, -0.2) is 54.3 Å². The summed E-state index contributed by atoms with van der Waals surface area (Å²) in [6.45, 7) is 3.82. The van der Waals surface area contributed by atoms with Gasteiger partial charge in [-0.05, 0) is 35.8 Å². The van der Waals surface area contributed by atoms with Crippen LogP contribution in [0.1, 0.15) is 18.9 Å². The second-order valence-corrected chi connectivity index (χ2v) is 7.07. The number of amides is 2. The van der Waals surface area contributed by atoms with Gasteiger partial charge in [0.1, 0.15) is 6.10 Å². The molecule has 8 heteroatoms. The molecule has 4 rings (SSSR count). The predicted octanol–water partition coefficient (Wildman–Crippen LogP) is 2.23. The third-order valence-corrected chi connectivity index (χ3v) is 5.05. The highest BCUT2D eigenvalue weighted by atomic mass is 16.6. The van der Waals surface area contributed by atoms with Crippen LogP contribution in [-0.2, 0) is 9.53 Å². The number of nitrogens with one attached hydrogen (secondary N) is 1. The van der Waals surface area contributed by atoms with E-state index in [-0.39, 0.29) is 18.1 Å². The molecule has 1 aromatic heterocycles. The van der Waals surface area contributed by atoms with Gasteiger partial charge in [0.25, 0.3) is 0 Å².